The van der Waals surface area contributed by atoms with E-state index < -0.39 is 11.7 Å². The molecule has 22 heavy (non-hydrogen) atoms. The van der Waals surface area contributed by atoms with Gasteiger partial charge in [-0.3, -0.25) is 4.79 Å². The van der Waals surface area contributed by atoms with E-state index in [0.717, 1.165) is 12.1 Å². The van der Waals surface area contributed by atoms with E-state index in [1.165, 1.54) is 17.0 Å². The molecule has 0 heterocycles. The molecule has 0 fully saturated rings. The average molecular weight is 316 g/mol. The predicted molar refractivity (Wildman–Crippen MR) is 80.0 cm³/mol. The maximum Gasteiger partial charge on any atom is 0.416 e. The molecule has 124 valence electrons. The van der Waals surface area contributed by atoms with Crippen LogP contribution in [-0.2, 0) is 17.5 Å². The third-order valence-electron chi connectivity index (χ3n) is 3.63. The highest BCUT2D eigenvalue weighted by molar-refractivity contribution is 5.76. The lowest BCUT2D eigenvalue weighted by atomic mass is 9.85. The zero-order valence-electron chi connectivity index (χ0n) is 13.4. The third-order valence-corrected chi connectivity index (χ3v) is 3.63. The standard InChI is InChI=1S/C16H23F3N2O/c1-15(2,3)13(20)9-14(22)21(4)10-11-5-7-12(8-6-11)16(17,18)19/h5-8,13H,9-10,20H2,1-4H3/t13-/m0/s1. The molecule has 1 amide bonds. The number of nitrogens with zero attached hydrogens (tertiary/aromatic N) is 1. The molecule has 0 spiro atoms. The van der Waals surface area contributed by atoms with Crippen molar-refractivity contribution in [1.29, 1.82) is 0 Å². The Bertz CT molecular complexity index is 504. The van der Waals surface area contributed by atoms with Crippen LogP contribution in [0.15, 0.2) is 24.3 Å². The molecule has 1 atom stereocenters. The van der Waals surface area contributed by atoms with Crippen LogP contribution < -0.4 is 5.73 Å². The molecule has 0 aliphatic rings. The Morgan fingerprint density at radius 1 is 1.18 bits per heavy atom. The predicted octanol–water partition coefficient (Wildman–Crippen LogP) is 3.43. The smallest absolute Gasteiger partial charge is 0.341 e. The fraction of sp³-hybridized carbons (Fsp3) is 0.562. The number of amides is 1. The van der Waals surface area contributed by atoms with Gasteiger partial charge in [0.05, 0.1) is 5.56 Å². The van der Waals surface area contributed by atoms with Gasteiger partial charge >= 0.3 is 6.18 Å². The number of hydrogen-bond acceptors (Lipinski definition) is 2. The van der Waals surface area contributed by atoms with Crippen molar-refractivity contribution >= 4 is 5.91 Å². The van der Waals surface area contributed by atoms with E-state index in [1.54, 1.807) is 7.05 Å². The van der Waals surface area contributed by atoms with Crippen molar-refractivity contribution in [2.24, 2.45) is 11.1 Å². The maximum absolute atomic E-state index is 12.5. The Balaban J connectivity index is 2.65. The van der Waals surface area contributed by atoms with Gasteiger partial charge in [0.25, 0.3) is 0 Å². The molecule has 0 aliphatic heterocycles. The Kier molecular flexibility index (Phi) is 5.62. The Morgan fingerprint density at radius 3 is 2.09 bits per heavy atom. The summed E-state index contributed by atoms with van der Waals surface area (Å²) in [6.07, 6.45) is -4.14. The first-order chi connectivity index (χ1) is 9.91. The van der Waals surface area contributed by atoms with Gasteiger partial charge in [-0.05, 0) is 23.1 Å². The molecule has 2 N–H and O–H groups in total. The zero-order valence-corrected chi connectivity index (χ0v) is 13.4. The minimum Gasteiger partial charge on any atom is -0.341 e. The van der Waals surface area contributed by atoms with Crippen LogP contribution in [0.4, 0.5) is 13.2 Å². The Hall–Kier alpha value is -1.56. The number of hydrogen-bond donors (Lipinski definition) is 1. The minimum absolute atomic E-state index is 0.123. The van der Waals surface area contributed by atoms with E-state index in [-0.39, 0.29) is 30.3 Å². The quantitative estimate of drug-likeness (QED) is 0.925. The molecular formula is C16H23F3N2O. The van der Waals surface area contributed by atoms with E-state index in [4.69, 9.17) is 5.73 Å². The van der Waals surface area contributed by atoms with Crippen molar-refractivity contribution in [3.8, 4) is 0 Å². The topological polar surface area (TPSA) is 46.3 Å². The normalized spacial score (nSPS) is 13.8. The Labute approximate surface area is 129 Å². The first-order valence-electron chi connectivity index (χ1n) is 7.07. The van der Waals surface area contributed by atoms with Crippen molar-refractivity contribution in [2.75, 3.05) is 7.05 Å². The van der Waals surface area contributed by atoms with E-state index in [9.17, 15) is 18.0 Å². The van der Waals surface area contributed by atoms with Gasteiger partial charge in [-0.1, -0.05) is 32.9 Å². The maximum atomic E-state index is 12.5. The van der Waals surface area contributed by atoms with Gasteiger partial charge in [0, 0.05) is 26.1 Å². The van der Waals surface area contributed by atoms with Gasteiger partial charge in [0.15, 0.2) is 0 Å². The number of halogens is 3. The molecule has 0 bridgehead atoms. The lowest BCUT2D eigenvalue weighted by Crippen LogP contribution is -2.40. The van der Waals surface area contributed by atoms with Crippen LogP contribution in [-0.4, -0.2) is 23.9 Å². The second-order valence-corrected chi connectivity index (χ2v) is 6.62. The summed E-state index contributed by atoms with van der Waals surface area (Å²) in [5, 5.41) is 0. The van der Waals surface area contributed by atoms with Crippen LogP contribution in [0.2, 0.25) is 0 Å². The van der Waals surface area contributed by atoms with Gasteiger partial charge in [0.2, 0.25) is 5.91 Å². The molecule has 1 aromatic rings. The molecule has 0 aromatic heterocycles. The van der Waals surface area contributed by atoms with Crippen LogP contribution in [0.1, 0.15) is 38.3 Å². The number of benzene rings is 1. The van der Waals surface area contributed by atoms with Gasteiger partial charge in [0.1, 0.15) is 0 Å². The summed E-state index contributed by atoms with van der Waals surface area (Å²) in [6, 6.07) is 4.55. The average Bonchev–Trinajstić information content (AvgIpc) is 2.36. The highest BCUT2D eigenvalue weighted by atomic mass is 19.4. The molecule has 0 radical (unpaired) electrons. The van der Waals surface area contributed by atoms with Gasteiger partial charge in [-0.15, -0.1) is 0 Å². The SMILES string of the molecule is CN(Cc1ccc(C(F)(F)F)cc1)C(=O)C[C@H](N)C(C)(C)C. The van der Waals surface area contributed by atoms with Crippen molar-refractivity contribution in [2.45, 2.75) is 46.0 Å². The fourth-order valence-corrected chi connectivity index (χ4v) is 1.81. The lowest BCUT2D eigenvalue weighted by Gasteiger charge is -2.28. The molecule has 6 heteroatoms. The first-order valence-corrected chi connectivity index (χ1v) is 7.07. The van der Waals surface area contributed by atoms with Gasteiger partial charge in [-0.25, -0.2) is 0 Å². The van der Waals surface area contributed by atoms with Gasteiger partial charge in [-0.2, -0.15) is 13.2 Å². The van der Waals surface area contributed by atoms with Crippen molar-refractivity contribution in [3.63, 3.8) is 0 Å². The molecule has 1 rings (SSSR count). The summed E-state index contributed by atoms with van der Waals surface area (Å²) in [4.78, 5) is 13.6. The minimum atomic E-state index is -4.35. The number of carbonyl (C=O) groups excluding carboxylic acids is 1. The fourth-order valence-electron chi connectivity index (χ4n) is 1.81. The van der Waals surface area contributed by atoms with Crippen LogP contribution in [0.5, 0.6) is 0 Å². The second kappa shape index (κ2) is 6.69. The highest BCUT2D eigenvalue weighted by Gasteiger charge is 2.30. The summed E-state index contributed by atoms with van der Waals surface area (Å²) in [5.74, 6) is -0.123. The first kappa shape index (κ1) is 18.5. The molecule has 0 saturated heterocycles. The molecule has 0 saturated carbocycles. The molecular weight excluding hydrogens is 293 g/mol. The number of nitrogens with two attached hydrogens (primary N) is 1. The zero-order chi connectivity index (χ0) is 17.1. The van der Waals surface area contributed by atoms with Crippen molar-refractivity contribution in [3.05, 3.63) is 35.4 Å². The van der Waals surface area contributed by atoms with Crippen LogP contribution in [0.25, 0.3) is 0 Å². The van der Waals surface area contributed by atoms with Crippen molar-refractivity contribution in [1.82, 2.24) is 4.90 Å². The number of carbonyl (C=O) groups is 1. The van der Waals surface area contributed by atoms with Gasteiger partial charge < -0.3 is 10.6 Å². The molecule has 3 nitrogen and oxygen atoms in total. The monoisotopic (exact) mass is 316 g/mol. The highest BCUT2D eigenvalue weighted by Crippen LogP contribution is 2.29. The molecule has 1 aromatic carbocycles. The lowest BCUT2D eigenvalue weighted by molar-refractivity contribution is -0.137. The second-order valence-electron chi connectivity index (χ2n) is 6.62. The number of rotatable bonds is 4. The largest absolute Gasteiger partial charge is 0.416 e. The van der Waals surface area contributed by atoms with E-state index >= 15 is 0 Å². The third kappa shape index (κ3) is 5.33. The summed E-state index contributed by atoms with van der Waals surface area (Å²) in [5.41, 5.74) is 5.75. The van der Waals surface area contributed by atoms with Crippen LogP contribution in [0.3, 0.4) is 0 Å². The van der Waals surface area contributed by atoms with Crippen molar-refractivity contribution < 1.29 is 18.0 Å². The van der Waals surface area contributed by atoms with E-state index in [2.05, 4.69) is 0 Å². The summed E-state index contributed by atoms with van der Waals surface area (Å²) in [6.45, 7) is 6.14. The summed E-state index contributed by atoms with van der Waals surface area (Å²) in [7, 11) is 1.62. The van der Waals surface area contributed by atoms with E-state index in [0.29, 0.717) is 5.56 Å². The summed E-state index contributed by atoms with van der Waals surface area (Å²) >= 11 is 0. The Morgan fingerprint density at radius 2 is 1.68 bits per heavy atom. The summed E-state index contributed by atoms with van der Waals surface area (Å²) < 4.78 is 37.5. The van der Waals surface area contributed by atoms with Crippen LogP contribution in [0, 0.1) is 5.41 Å². The molecule has 0 unspecified atom stereocenters. The number of alkyl halides is 3. The molecule has 0 aliphatic carbocycles. The van der Waals surface area contributed by atoms with Crippen LogP contribution >= 0.6 is 0 Å². The van der Waals surface area contributed by atoms with E-state index in [1.807, 2.05) is 20.8 Å².